The van der Waals surface area contributed by atoms with Crippen LogP contribution in [0.3, 0.4) is 0 Å². The van der Waals surface area contributed by atoms with E-state index in [2.05, 4.69) is 0 Å². The highest BCUT2D eigenvalue weighted by atomic mass is 19.3. The third kappa shape index (κ3) is 37.8. The van der Waals surface area contributed by atoms with Crippen LogP contribution in [0.5, 0.6) is 0 Å². The van der Waals surface area contributed by atoms with Crippen molar-refractivity contribution in [3.8, 4) is 0 Å². The van der Waals surface area contributed by atoms with E-state index in [-0.39, 0.29) is 0 Å². The first kappa shape index (κ1) is 2.08. The zero-order valence-electron chi connectivity index (χ0n) is 2.70. The third-order valence-corrected chi connectivity index (χ3v) is 0. The Morgan fingerprint density at radius 3 is 2.00 bits per heavy atom. The Morgan fingerprint density at radius 1 is 2.00 bits per heavy atom. The Kier molecular flexibility index (Phi) is 0.611. The summed E-state index contributed by atoms with van der Waals surface area (Å²) in [5, 5.41) is 6.85. The first-order chi connectivity index (χ1) is 2.00. The lowest BCUT2D eigenvalue weighted by Gasteiger charge is -1.70. The first-order valence-corrected chi connectivity index (χ1v) is 0.602. The number of rotatable bonds is 0. The average molecular weight is 69.0 g/mol. The summed E-state index contributed by atoms with van der Waals surface area (Å²) in [6, 6.07) is 0. The van der Waals surface area contributed by atoms with Gasteiger partial charge in [-0.05, 0) is 0 Å². The van der Waals surface area contributed by atoms with Crippen LogP contribution in [0.15, 0.2) is 0 Å². The predicted molar refractivity (Wildman–Crippen MR) is 8.22 cm³/mol. The van der Waals surface area contributed by atoms with Crippen molar-refractivity contribution >= 4 is 0 Å². The van der Waals surface area contributed by atoms with Gasteiger partial charge in [0.2, 0.25) is 0 Å². The van der Waals surface area contributed by atoms with Gasteiger partial charge in [0.1, 0.15) is 1.37 Å². The van der Waals surface area contributed by atoms with Gasteiger partial charge in [-0.3, -0.25) is 0 Å². The van der Waals surface area contributed by atoms with E-state index in [4.69, 9.17) is 6.48 Å². The molecule has 0 fully saturated rings. The number of aliphatic hydroxyl groups is 1. The normalized spacial score (nSPS) is 15.2. The van der Waals surface area contributed by atoms with E-state index < -0.39 is 6.59 Å². The smallest absolute Gasteiger partial charge is 0.339 e. The Morgan fingerprint density at radius 2 is 2.00 bits per heavy atom. The van der Waals surface area contributed by atoms with E-state index in [0.29, 0.717) is 0 Å². The van der Waals surface area contributed by atoms with E-state index in [1.54, 1.807) is 0 Å². The Labute approximate surface area is 23.3 Å². The highest BCUT2D eigenvalue weighted by Gasteiger charge is 1.81. The van der Waals surface area contributed by atoms with Crippen LogP contribution in [-0.2, 0) is 0 Å². The summed E-state index contributed by atoms with van der Waals surface area (Å²) in [7, 11) is 0. The van der Waals surface area contributed by atoms with Gasteiger partial charge in [-0.2, -0.15) is 8.78 Å². The highest BCUT2D eigenvalue weighted by molar-refractivity contribution is 3.81. The van der Waals surface area contributed by atoms with Crippen molar-refractivity contribution in [2.24, 2.45) is 0 Å². The molecule has 0 rings (SSSR count). The van der Waals surface area contributed by atoms with E-state index in [9.17, 15) is 8.78 Å². The lowest BCUT2D eigenvalue weighted by atomic mass is 11.5. The molecule has 0 saturated heterocycles. The maximum Gasteiger partial charge on any atom is 0.342 e. The summed E-state index contributed by atoms with van der Waals surface area (Å²) in [6.07, 6.45) is 0. The van der Waals surface area contributed by atoms with Crippen LogP contribution in [0, 0.1) is 0 Å². The second-order valence-electron chi connectivity index (χ2n) is 0.240. The van der Waals surface area contributed by atoms with Crippen molar-refractivity contribution in [2.75, 3.05) is 0 Å². The molecule has 0 amide bonds. The van der Waals surface area contributed by atoms with Crippen LogP contribution in [0.2, 0.25) is 0 Å². The lowest BCUT2D eigenvalue weighted by molar-refractivity contribution is -0.0728. The van der Waals surface area contributed by atoms with Gasteiger partial charge in [-0.15, -0.1) is 0 Å². The molecular formula is CH2F2O. The summed E-state index contributed by atoms with van der Waals surface area (Å²) < 4.78 is 25.6. The van der Waals surface area contributed by atoms with Gasteiger partial charge in [-0.25, -0.2) is 0 Å². The topological polar surface area (TPSA) is 20.2 Å². The minimum Gasteiger partial charge on any atom is -0.339 e. The molecular weight excluding hydrogens is 66.0 g/mol. The molecule has 0 aromatic rings. The van der Waals surface area contributed by atoms with Crippen molar-refractivity contribution in [1.29, 1.82) is 0 Å². The summed E-state index contributed by atoms with van der Waals surface area (Å²) in [5.41, 5.74) is 0. The minimum atomic E-state index is -4.25. The molecule has 0 aliphatic carbocycles. The fourth-order valence-corrected chi connectivity index (χ4v) is 0. The standard InChI is InChI=1S/CH2F2O/c2-1(3)4/h1,4H/i1D. The van der Waals surface area contributed by atoms with Crippen LogP contribution in [0.25, 0.3) is 0 Å². The quantitative estimate of drug-likeness (QED) is 0.430. The Hall–Kier alpha value is -0.180. The third-order valence-electron chi connectivity index (χ3n) is 0. The molecule has 0 atom stereocenters. The Bertz CT molecular complexity index is 25.1. The molecule has 0 spiro atoms. The van der Waals surface area contributed by atoms with Crippen molar-refractivity contribution < 1.29 is 15.3 Å². The minimum absolute atomic E-state index is 4.25. The molecule has 4 heavy (non-hydrogen) atoms. The molecule has 1 N–H and O–H groups in total. The second-order valence-corrected chi connectivity index (χ2v) is 0.240. The fraction of sp³-hybridized carbons (Fsp3) is 1.00. The lowest BCUT2D eigenvalue weighted by Crippen LogP contribution is -1.78. The van der Waals surface area contributed by atoms with E-state index in [1.807, 2.05) is 0 Å². The van der Waals surface area contributed by atoms with Gasteiger partial charge in [0.15, 0.2) is 0 Å². The van der Waals surface area contributed by atoms with E-state index in [1.165, 1.54) is 0 Å². The molecule has 1 nitrogen and oxygen atoms in total. The summed E-state index contributed by atoms with van der Waals surface area (Å²) in [4.78, 5) is 0. The molecule has 0 saturated carbocycles. The predicted octanol–water partition coefficient (Wildman–Crippen LogP) is 0.201. The molecule has 0 aromatic heterocycles. The zero-order chi connectivity index (χ0) is 4.50. The Balaban J connectivity index is 3.02. The van der Waals surface area contributed by atoms with Gasteiger partial charge < -0.3 is 5.11 Å². The first-order valence-electron chi connectivity index (χ1n) is 1.10. The molecule has 0 aliphatic rings. The molecule has 3 heteroatoms. The molecule has 0 aliphatic heterocycles. The van der Waals surface area contributed by atoms with E-state index >= 15 is 0 Å². The fourth-order valence-electron chi connectivity index (χ4n) is 0. The van der Waals surface area contributed by atoms with Crippen LogP contribution in [0.4, 0.5) is 8.78 Å². The number of hydrogen-bond donors (Lipinski definition) is 1. The van der Waals surface area contributed by atoms with Gasteiger partial charge >= 0.3 is 6.59 Å². The summed E-state index contributed by atoms with van der Waals surface area (Å²) >= 11 is 0. The molecule has 0 aromatic carbocycles. The van der Waals surface area contributed by atoms with Crippen LogP contribution in [0.1, 0.15) is 1.37 Å². The monoisotopic (exact) mass is 69.0 g/mol. The van der Waals surface area contributed by atoms with Crippen molar-refractivity contribution in [2.45, 2.75) is 6.59 Å². The van der Waals surface area contributed by atoms with Gasteiger partial charge in [0.05, 0.1) is 0 Å². The molecule has 0 unspecified atom stereocenters. The number of halogens is 2. The SMILES string of the molecule is [2H]C(O)(F)F. The molecule has 26 valence electrons. The molecule has 0 radical (unpaired) electrons. The van der Waals surface area contributed by atoms with Crippen molar-refractivity contribution in [1.82, 2.24) is 0 Å². The molecule has 0 bridgehead atoms. The number of hydrogen-bond acceptors (Lipinski definition) is 1. The van der Waals surface area contributed by atoms with Crippen LogP contribution in [-0.4, -0.2) is 11.7 Å². The van der Waals surface area contributed by atoms with E-state index in [0.717, 1.165) is 0 Å². The van der Waals surface area contributed by atoms with Crippen LogP contribution >= 0.6 is 0 Å². The highest BCUT2D eigenvalue weighted by Crippen LogP contribution is 1.77. The zero-order valence-corrected chi connectivity index (χ0v) is 1.70. The maximum atomic E-state index is 10.2. The van der Waals surface area contributed by atoms with Crippen molar-refractivity contribution in [3.05, 3.63) is 0 Å². The van der Waals surface area contributed by atoms with Crippen LogP contribution < -0.4 is 0 Å². The second kappa shape index (κ2) is 1.17. The summed E-state index contributed by atoms with van der Waals surface area (Å²) in [6.45, 7) is -4.25. The maximum absolute atomic E-state index is 10.2. The van der Waals surface area contributed by atoms with Gasteiger partial charge in [0.25, 0.3) is 0 Å². The average Bonchev–Trinajstić information content (AvgIpc) is 0.722. The summed E-state index contributed by atoms with van der Waals surface area (Å²) in [5.74, 6) is 0. The molecule has 0 heterocycles. The van der Waals surface area contributed by atoms with Gasteiger partial charge in [-0.1, -0.05) is 0 Å². The largest absolute Gasteiger partial charge is 0.342 e. The van der Waals surface area contributed by atoms with Crippen molar-refractivity contribution in [3.63, 3.8) is 0 Å². The number of alkyl halides is 2. The van der Waals surface area contributed by atoms with Gasteiger partial charge in [0, 0.05) is 0 Å².